The van der Waals surface area contributed by atoms with Crippen LogP contribution in [-0.4, -0.2) is 28.6 Å². The number of hydrogen-bond donors (Lipinski definition) is 1. The molecule has 1 aromatic heterocycles. The van der Waals surface area contributed by atoms with Gasteiger partial charge in [0.25, 0.3) is 5.91 Å². The van der Waals surface area contributed by atoms with Crippen LogP contribution in [0.3, 0.4) is 0 Å². The smallest absolute Gasteiger partial charge is 0.322 e. The van der Waals surface area contributed by atoms with Gasteiger partial charge in [-0.3, -0.25) is 14.9 Å². The number of nitrogens with one attached hydrogen (secondary N) is 1. The number of halogens is 1. The Kier molecular flexibility index (Phi) is 5.54. The molecular weight excluding hydrogens is 416 g/mol. The molecule has 0 aliphatic carbocycles. The zero-order valence-corrected chi connectivity index (χ0v) is 18.3. The van der Waals surface area contributed by atoms with E-state index in [1.807, 2.05) is 12.1 Å². The van der Waals surface area contributed by atoms with Gasteiger partial charge in [-0.15, -0.1) is 5.10 Å². The van der Waals surface area contributed by atoms with Crippen LogP contribution in [0, 0.1) is 0 Å². The molecule has 3 aromatic rings. The van der Waals surface area contributed by atoms with Gasteiger partial charge < -0.3 is 9.32 Å². The summed E-state index contributed by atoms with van der Waals surface area (Å²) in [6, 6.07) is 14.5. The molecule has 1 N–H and O–H groups in total. The largest absolute Gasteiger partial charge is 0.407 e. The molecular formula is C23H23ClN4O3. The van der Waals surface area contributed by atoms with Gasteiger partial charge in [-0.25, -0.2) is 0 Å². The first kappa shape index (κ1) is 21.1. The molecule has 1 atom stereocenters. The summed E-state index contributed by atoms with van der Waals surface area (Å²) in [5.74, 6) is -0.286. The second-order valence-electron chi connectivity index (χ2n) is 8.61. The number of anilines is 2. The van der Waals surface area contributed by atoms with E-state index in [9.17, 15) is 9.59 Å². The predicted molar refractivity (Wildman–Crippen MR) is 119 cm³/mol. The Morgan fingerprint density at radius 1 is 1.10 bits per heavy atom. The fraction of sp³-hybridized carbons (Fsp3) is 0.304. The molecule has 160 valence electrons. The average Bonchev–Trinajstić information content (AvgIpc) is 3.34. The summed E-state index contributed by atoms with van der Waals surface area (Å²) < 4.78 is 5.64. The lowest BCUT2D eigenvalue weighted by molar-refractivity contribution is -0.117. The fourth-order valence-electron chi connectivity index (χ4n) is 3.48. The van der Waals surface area contributed by atoms with Crippen LogP contribution >= 0.6 is 11.6 Å². The highest BCUT2D eigenvalue weighted by Crippen LogP contribution is 2.32. The topological polar surface area (TPSA) is 88.3 Å². The minimum atomic E-state index is -0.332. The van der Waals surface area contributed by atoms with Crippen molar-refractivity contribution in [3.05, 3.63) is 70.6 Å². The van der Waals surface area contributed by atoms with Gasteiger partial charge in [-0.1, -0.05) is 49.6 Å². The number of hydrogen-bond acceptors (Lipinski definition) is 5. The van der Waals surface area contributed by atoms with Crippen LogP contribution in [0.25, 0.3) is 0 Å². The van der Waals surface area contributed by atoms with E-state index in [-0.39, 0.29) is 35.6 Å². The summed E-state index contributed by atoms with van der Waals surface area (Å²) >= 11 is 5.92. The molecule has 7 nitrogen and oxygen atoms in total. The molecule has 8 heteroatoms. The molecule has 2 heterocycles. The van der Waals surface area contributed by atoms with Gasteiger partial charge in [0.2, 0.25) is 11.8 Å². The molecule has 0 bridgehead atoms. The van der Waals surface area contributed by atoms with Crippen LogP contribution < -0.4 is 10.2 Å². The first-order valence-corrected chi connectivity index (χ1v) is 10.4. The average molecular weight is 439 g/mol. The van der Waals surface area contributed by atoms with Crippen LogP contribution in [-0.2, 0) is 10.2 Å². The minimum Gasteiger partial charge on any atom is -0.407 e. The van der Waals surface area contributed by atoms with Crippen molar-refractivity contribution >= 4 is 35.1 Å². The lowest BCUT2D eigenvalue weighted by atomic mass is 9.87. The molecule has 0 spiro atoms. The number of rotatable bonds is 4. The van der Waals surface area contributed by atoms with Crippen molar-refractivity contribution in [2.24, 2.45) is 0 Å². The monoisotopic (exact) mass is 438 g/mol. The highest BCUT2D eigenvalue weighted by molar-refractivity contribution is 6.30. The van der Waals surface area contributed by atoms with Crippen LogP contribution in [0.2, 0.25) is 5.02 Å². The maximum absolute atomic E-state index is 12.5. The van der Waals surface area contributed by atoms with Crippen molar-refractivity contribution in [2.75, 3.05) is 16.8 Å². The molecule has 1 aliphatic heterocycles. The SMILES string of the molecule is CC(C)(C)c1ccc(C(=O)Nc2nnc([C@@H]3CC(=O)N(c4ccc(Cl)cc4)C3)o2)cc1. The van der Waals surface area contributed by atoms with E-state index in [0.29, 0.717) is 23.0 Å². The highest BCUT2D eigenvalue weighted by Gasteiger charge is 2.35. The van der Waals surface area contributed by atoms with Gasteiger partial charge in [-0.2, -0.15) is 0 Å². The number of carbonyl (C=O) groups excluding carboxylic acids is 2. The zero-order valence-electron chi connectivity index (χ0n) is 17.6. The second-order valence-corrected chi connectivity index (χ2v) is 9.05. The highest BCUT2D eigenvalue weighted by atomic mass is 35.5. The van der Waals surface area contributed by atoms with Gasteiger partial charge in [0.05, 0.1) is 5.92 Å². The van der Waals surface area contributed by atoms with Gasteiger partial charge in [0.1, 0.15) is 0 Å². The van der Waals surface area contributed by atoms with E-state index in [1.165, 1.54) is 0 Å². The lowest BCUT2D eigenvalue weighted by Crippen LogP contribution is -2.24. The van der Waals surface area contributed by atoms with Crippen molar-refractivity contribution in [1.82, 2.24) is 10.2 Å². The number of amides is 2. The molecule has 31 heavy (non-hydrogen) atoms. The van der Waals surface area contributed by atoms with Gasteiger partial charge in [0, 0.05) is 29.2 Å². The fourth-order valence-corrected chi connectivity index (χ4v) is 3.61. The van der Waals surface area contributed by atoms with Gasteiger partial charge >= 0.3 is 6.01 Å². The van der Waals surface area contributed by atoms with Crippen molar-refractivity contribution < 1.29 is 14.0 Å². The minimum absolute atomic E-state index is 0.00893. The first-order valence-electron chi connectivity index (χ1n) is 10.0. The number of aromatic nitrogens is 2. The van der Waals surface area contributed by atoms with Crippen LogP contribution in [0.1, 0.15) is 54.9 Å². The Hall–Kier alpha value is -3.19. The third-order valence-electron chi connectivity index (χ3n) is 5.29. The molecule has 2 amide bonds. The Morgan fingerprint density at radius 2 is 1.77 bits per heavy atom. The van der Waals surface area contributed by atoms with Gasteiger partial charge in [0.15, 0.2) is 0 Å². The van der Waals surface area contributed by atoms with Crippen LogP contribution in [0.5, 0.6) is 0 Å². The second kappa shape index (κ2) is 8.15. The predicted octanol–water partition coefficient (Wildman–Crippen LogP) is 4.79. The molecule has 1 aliphatic rings. The summed E-state index contributed by atoms with van der Waals surface area (Å²) in [5.41, 5.74) is 2.41. The Morgan fingerprint density at radius 3 is 2.42 bits per heavy atom. The standard InChI is InChI=1S/C23H23ClN4O3/c1-23(2,3)16-6-4-14(5-7-16)20(30)25-22-27-26-21(31-22)15-12-19(29)28(13-15)18-10-8-17(24)9-11-18/h4-11,15H,12-13H2,1-3H3,(H,25,27,30)/t15-/m1/s1. The summed E-state index contributed by atoms with van der Waals surface area (Å²) in [5, 5.41) is 11.2. The normalized spacial score (nSPS) is 16.6. The van der Waals surface area contributed by atoms with E-state index in [4.69, 9.17) is 16.0 Å². The molecule has 2 aromatic carbocycles. The third-order valence-corrected chi connectivity index (χ3v) is 5.54. The van der Waals surface area contributed by atoms with E-state index in [1.54, 1.807) is 41.3 Å². The molecule has 1 saturated heterocycles. The Bertz CT molecular complexity index is 1100. The summed E-state index contributed by atoms with van der Waals surface area (Å²) in [6.07, 6.45) is 0.256. The van der Waals surface area contributed by atoms with Crippen molar-refractivity contribution in [3.8, 4) is 0 Å². The molecule has 0 saturated carbocycles. The summed E-state index contributed by atoms with van der Waals surface area (Å²) in [6.45, 7) is 6.77. The van der Waals surface area contributed by atoms with E-state index < -0.39 is 0 Å². The number of benzene rings is 2. The van der Waals surface area contributed by atoms with E-state index in [0.717, 1.165) is 11.3 Å². The molecule has 1 fully saturated rings. The molecule has 0 unspecified atom stereocenters. The lowest BCUT2D eigenvalue weighted by Gasteiger charge is -2.18. The third kappa shape index (κ3) is 4.61. The van der Waals surface area contributed by atoms with Crippen LogP contribution in [0.4, 0.5) is 11.7 Å². The van der Waals surface area contributed by atoms with E-state index >= 15 is 0 Å². The Balaban J connectivity index is 1.42. The van der Waals surface area contributed by atoms with Crippen LogP contribution in [0.15, 0.2) is 52.9 Å². The number of carbonyl (C=O) groups is 2. The Labute approximate surface area is 185 Å². The first-order chi connectivity index (χ1) is 14.7. The van der Waals surface area contributed by atoms with Crippen molar-refractivity contribution in [1.29, 1.82) is 0 Å². The van der Waals surface area contributed by atoms with Crippen molar-refractivity contribution in [3.63, 3.8) is 0 Å². The zero-order chi connectivity index (χ0) is 22.2. The molecule has 0 radical (unpaired) electrons. The van der Waals surface area contributed by atoms with Crippen molar-refractivity contribution in [2.45, 2.75) is 38.5 Å². The summed E-state index contributed by atoms with van der Waals surface area (Å²) in [7, 11) is 0. The summed E-state index contributed by atoms with van der Waals surface area (Å²) in [4.78, 5) is 26.6. The molecule has 4 rings (SSSR count). The van der Waals surface area contributed by atoms with E-state index in [2.05, 4.69) is 36.3 Å². The maximum Gasteiger partial charge on any atom is 0.322 e. The quantitative estimate of drug-likeness (QED) is 0.632. The number of nitrogens with zero attached hydrogens (tertiary/aromatic N) is 3. The maximum atomic E-state index is 12.5. The van der Waals surface area contributed by atoms with Gasteiger partial charge in [-0.05, 0) is 47.4 Å².